The molecule has 6 nitrogen and oxygen atoms in total. The van der Waals surface area contributed by atoms with Crippen molar-refractivity contribution < 1.29 is 9.59 Å². The van der Waals surface area contributed by atoms with E-state index in [1.54, 1.807) is 16.9 Å². The van der Waals surface area contributed by atoms with Gasteiger partial charge in [-0.2, -0.15) is 5.10 Å². The van der Waals surface area contributed by atoms with E-state index in [2.05, 4.69) is 34.7 Å². The monoisotopic (exact) mass is 434 g/mol. The van der Waals surface area contributed by atoms with Gasteiger partial charge in [0.2, 0.25) is 5.91 Å². The van der Waals surface area contributed by atoms with E-state index in [4.69, 9.17) is 0 Å². The second kappa shape index (κ2) is 8.38. The van der Waals surface area contributed by atoms with Crippen molar-refractivity contribution in [3.8, 4) is 0 Å². The molecule has 0 spiro atoms. The highest BCUT2D eigenvalue weighted by Crippen LogP contribution is 2.58. The van der Waals surface area contributed by atoms with Crippen LogP contribution in [-0.4, -0.2) is 39.6 Å². The normalized spacial score (nSPS) is 25.5. The van der Waals surface area contributed by atoms with Crippen LogP contribution in [0.15, 0.2) is 36.5 Å². The van der Waals surface area contributed by atoms with E-state index in [-0.39, 0.29) is 29.2 Å². The van der Waals surface area contributed by atoms with Crippen LogP contribution in [0.2, 0.25) is 0 Å². The first-order valence-electron chi connectivity index (χ1n) is 12.2. The number of hydrogen-bond donors (Lipinski definition) is 1. The zero-order chi connectivity index (χ0) is 22.3. The van der Waals surface area contributed by atoms with Crippen LogP contribution in [0, 0.1) is 11.3 Å². The number of nitrogens with zero attached hydrogens (tertiary/aromatic N) is 3. The SMILES string of the molecule is CC(C)n1nccc1C(=O)N1CCC2(C(=O)Nc3ccc(C4CCCCC4)cc3)CC2C1. The number of nitrogens with one attached hydrogen (secondary N) is 1. The molecule has 1 aromatic heterocycles. The summed E-state index contributed by atoms with van der Waals surface area (Å²) in [6.07, 6.45) is 9.85. The van der Waals surface area contributed by atoms with Gasteiger partial charge in [0.25, 0.3) is 5.91 Å². The summed E-state index contributed by atoms with van der Waals surface area (Å²) in [7, 11) is 0. The lowest BCUT2D eigenvalue weighted by atomic mass is 9.84. The quantitative estimate of drug-likeness (QED) is 0.720. The first-order chi connectivity index (χ1) is 15.5. The number of anilines is 1. The number of aromatic nitrogens is 2. The van der Waals surface area contributed by atoms with Gasteiger partial charge in [-0.15, -0.1) is 0 Å². The molecule has 1 aromatic carbocycles. The summed E-state index contributed by atoms with van der Waals surface area (Å²) in [5, 5.41) is 7.45. The smallest absolute Gasteiger partial charge is 0.272 e. The molecule has 2 aromatic rings. The molecule has 2 saturated carbocycles. The zero-order valence-electron chi connectivity index (χ0n) is 19.2. The molecule has 2 heterocycles. The fourth-order valence-electron chi connectivity index (χ4n) is 5.78. The maximum atomic E-state index is 13.1. The molecule has 1 saturated heterocycles. The van der Waals surface area contributed by atoms with Gasteiger partial charge in [-0.25, -0.2) is 0 Å². The third kappa shape index (κ3) is 3.84. The van der Waals surface area contributed by atoms with Gasteiger partial charge in [-0.05, 0) is 75.1 Å². The Labute approximate surface area is 190 Å². The van der Waals surface area contributed by atoms with Gasteiger partial charge >= 0.3 is 0 Å². The molecule has 6 heteroatoms. The van der Waals surface area contributed by atoms with E-state index in [1.165, 1.54) is 37.7 Å². The fraction of sp³-hybridized carbons (Fsp3) is 0.577. The molecule has 2 atom stereocenters. The third-order valence-electron chi connectivity index (χ3n) is 7.86. The largest absolute Gasteiger partial charge is 0.337 e. The summed E-state index contributed by atoms with van der Waals surface area (Å²) < 4.78 is 1.78. The van der Waals surface area contributed by atoms with Crippen LogP contribution >= 0.6 is 0 Å². The van der Waals surface area contributed by atoms with Crippen LogP contribution in [0.1, 0.15) is 86.8 Å². The molecule has 5 rings (SSSR count). The van der Waals surface area contributed by atoms with Crippen molar-refractivity contribution in [2.45, 2.75) is 70.8 Å². The van der Waals surface area contributed by atoms with Gasteiger partial charge in [-0.3, -0.25) is 14.3 Å². The van der Waals surface area contributed by atoms with E-state index in [0.717, 1.165) is 18.5 Å². The summed E-state index contributed by atoms with van der Waals surface area (Å²) in [4.78, 5) is 28.1. The Balaban J connectivity index is 1.19. The molecule has 170 valence electrons. The molecule has 0 bridgehead atoms. The Morgan fingerprint density at radius 2 is 1.84 bits per heavy atom. The molecule has 0 radical (unpaired) electrons. The number of carbonyl (C=O) groups excluding carboxylic acids is 2. The van der Waals surface area contributed by atoms with E-state index >= 15 is 0 Å². The Morgan fingerprint density at radius 3 is 2.53 bits per heavy atom. The standard InChI is InChI=1S/C26H34N4O2/c1-18(2)30-23(12-14-27-30)24(31)29-15-13-26(16-21(26)17-29)25(32)28-22-10-8-20(9-11-22)19-6-4-3-5-7-19/h8-12,14,18-19,21H,3-7,13,15-17H2,1-2H3,(H,28,32). The van der Waals surface area contributed by atoms with Gasteiger partial charge in [0, 0.05) is 31.0 Å². The van der Waals surface area contributed by atoms with E-state index < -0.39 is 0 Å². The lowest BCUT2D eigenvalue weighted by Crippen LogP contribution is -2.43. The lowest BCUT2D eigenvalue weighted by molar-refractivity contribution is -0.122. The van der Waals surface area contributed by atoms with Crippen LogP contribution in [0.4, 0.5) is 5.69 Å². The zero-order valence-corrected chi connectivity index (χ0v) is 19.2. The Hall–Kier alpha value is -2.63. The first-order valence-corrected chi connectivity index (χ1v) is 12.2. The number of benzene rings is 1. The molecule has 2 unspecified atom stereocenters. The van der Waals surface area contributed by atoms with E-state index in [9.17, 15) is 9.59 Å². The summed E-state index contributed by atoms with van der Waals surface area (Å²) in [5.41, 5.74) is 2.61. The van der Waals surface area contributed by atoms with Gasteiger partial charge in [0.1, 0.15) is 5.69 Å². The number of hydrogen-bond acceptors (Lipinski definition) is 3. The molecule has 32 heavy (non-hydrogen) atoms. The fourth-order valence-corrected chi connectivity index (χ4v) is 5.78. The Morgan fingerprint density at radius 1 is 1.09 bits per heavy atom. The van der Waals surface area contributed by atoms with E-state index in [1.807, 2.05) is 18.7 Å². The minimum atomic E-state index is -0.308. The predicted octanol–water partition coefficient (Wildman–Crippen LogP) is 5.00. The maximum Gasteiger partial charge on any atom is 0.272 e. The van der Waals surface area contributed by atoms with Gasteiger partial charge in [-0.1, -0.05) is 31.4 Å². The van der Waals surface area contributed by atoms with Crippen molar-refractivity contribution in [3.05, 3.63) is 47.8 Å². The number of amides is 2. The van der Waals surface area contributed by atoms with Crippen molar-refractivity contribution in [3.63, 3.8) is 0 Å². The second-order valence-corrected chi connectivity index (χ2v) is 10.2. The number of piperidine rings is 1. The summed E-state index contributed by atoms with van der Waals surface area (Å²) >= 11 is 0. The molecule has 3 aliphatic rings. The van der Waals surface area contributed by atoms with Crippen molar-refractivity contribution in [2.24, 2.45) is 11.3 Å². The Bertz CT molecular complexity index is 990. The lowest BCUT2D eigenvalue weighted by Gasteiger charge is -2.31. The van der Waals surface area contributed by atoms with E-state index in [0.29, 0.717) is 24.7 Å². The second-order valence-electron chi connectivity index (χ2n) is 10.2. The molecule has 3 fully saturated rings. The van der Waals surface area contributed by atoms with Crippen molar-refractivity contribution in [1.82, 2.24) is 14.7 Å². The van der Waals surface area contributed by atoms with Crippen molar-refractivity contribution in [1.29, 1.82) is 0 Å². The highest BCUT2D eigenvalue weighted by Gasteiger charge is 2.62. The van der Waals surface area contributed by atoms with Crippen LogP contribution in [0.25, 0.3) is 0 Å². The minimum absolute atomic E-state index is 0.0235. The first kappa shape index (κ1) is 21.2. The molecular formula is C26H34N4O2. The maximum absolute atomic E-state index is 13.1. The van der Waals surface area contributed by atoms with Gasteiger partial charge < -0.3 is 10.2 Å². The summed E-state index contributed by atoms with van der Waals surface area (Å²) in [6, 6.07) is 10.4. The molecular weight excluding hydrogens is 400 g/mol. The molecule has 2 amide bonds. The average Bonchev–Trinajstić information content (AvgIpc) is 3.35. The van der Waals surface area contributed by atoms with Crippen LogP contribution < -0.4 is 5.32 Å². The summed E-state index contributed by atoms with van der Waals surface area (Å²) in [5.74, 6) is 1.06. The van der Waals surface area contributed by atoms with Gasteiger partial charge in [0.15, 0.2) is 0 Å². The van der Waals surface area contributed by atoms with Crippen molar-refractivity contribution in [2.75, 3.05) is 18.4 Å². The summed E-state index contributed by atoms with van der Waals surface area (Å²) in [6.45, 7) is 5.32. The highest BCUT2D eigenvalue weighted by molar-refractivity contribution is 5.98. The minimum Gasteiger partial charge on any atom is -0.337 e. The third-order valence-corrected chi connectivity index (χ3v) is 7.86. The topological polar surface area (TPSA) is 67.2 Å². The number of likely N-dealkylation sites (tertiary alicyclic amines) is 1. The number of carbonyl (C=O) groups is 2. The van der Waals surface area contributed by atoms with Crippen LogP contribution in [0.3, 0.4) is 0 Å². The van der Waals surface area contributed by atoms with Crippen LogP contribution in [0.5, 0.6) is 0 Å². The van der Waals surface area contributed by atoms with Gasteiger partial charge in [0.05, 0.1) is 5.41 Å². The molecule has 2 aliphatic carbocycles. The molecule has 1 aliphatic heterocycles. The highest BCUT2D eigenvalue weighted by atomic mass is 16.2. The predicted molar refractivity (Wildman–Crippen MR) is 125 cm³/mol. The number of rotatable bonds is 5. The average molecular weight is 435 g/mol. The Kier molecular flexibility index (Phi) is 5.56. The van der Waals surface area contributed by atoms with Crippen LogP contribution in [-0.2, 0) is 4.79 Å². The molecule has 1 N–H and O–H groups in total. The van der Waals surface area contributed by atoms with Crippen molar-refractivity contribution >= 4 is 17.5 Å². The number of fused-ring (bicyclic) bond motifs is 1.